The summed E-state index contributed by atoms with van der Waals surface area (Å²) >= 11 is 0. The first-order chi connectivity index (χ1) is 7.84. The van der Waals surface area contributed by atoms with E-state index in [1.807, 2.05) is 6.20 Å². The second kappa shape index (κ2) is 3.91. The molecule has 0 radical (unpaired) electrons. The van der Waals surface area contributed by atoms with E-state index in [9.17, 15) is 0 Å². The van der Waals surface area contributed by atoms with Crippen LogP contribution in [0.25, 0.3) is 5.65 Å². The maximum atomic E-state index is 4.42. The molecule has 3 heteroatoms. The molecule has 16 heavy (non-hydrogen) atoms. The molecule has 1 aliphatic heterocycles. The van der Waals surface area contributed by atoms with E-state index in [1.54, 1.807) is 0 Å². The van der Waals surface area contributed by atoms with Crippen LogP contribution in [0, 0.1) is 6.92 Å². The zero-order chi connectivity index (χ0) is 11.0. The Labute approximate surface area is 95.5 Å². The lowest BCUT2D eigenvalue weighted by Gasteiger charge is -2.22. The number of aryl methyl sites for hydroxylation is 1. The van der Waals surface area contributed by atoms with Gasteiger partial charge in [0.15, 0.2) is 0 Å². The van der Waals surface area contributed by atoms with Crippen molar-refractivity contribution in [3.63, 3.8) is 0 Å². The Morgan fingerprint density at radius 2 is 2.19 bits per heavy atom. The van der Waals surface area contributed by atoms with Crippen molar-refractivity contribution in [3.8, 4) is 0 Å². The number of aromatic nitrogens is 2. The molecule has 2 aromatic rings. The molecule has 3 heterocycles. The van der Waals surface area contributed by atoms with E-state index < -0.39 is 0 Å². The topological polar surface area (TPSA) is 29.3 Å². The molecule has 0 saturated carbocycles. The van der Waals surface area contributed by atoms with E-state index in [1.165, 1.54) is 24.1 Å². The molecule has 0 aromatic carbocycles. The summed E-state index contributed by atoms with van der Waals surface area (Å²) in [6, 6.07) is 4.49. The molecular formula is C13H17N3. The maximum Gasteiger partial charge on any atom is 0.137 e. The lowest BCUT2D eigenvalue weighted by atomic mass is 9.91. The van der Waals surface area contributed by atoms with Crippen LogP contribution >= 0.6 is 0 Å². The van der Waals surface area contributed by atoms with Crippen molar-refractivity contribution < 1.29 is 0 Å². The molecule has 0 atom stereocenters. The Kier molecular flexibility index (Phi) is 2.40. The summed E-state index contributed by atoms with van der Waals surface area (Å²) in [5.41, 5.74) is 3.72. The molecule has 1 saturated heterocycles. The van der Waals surface area contributed by atoms with Gasteiger partial charge in [-0.1, -0.05) is 0 Å². The van der Waals surface area contributed by atoms with Crippen LogP contribution in [0.3, 0.4) is 0 Å². The molecule has 0 spiro atoms. The van der Waals surface area contributed by atoms with Crippen molar-refractivity contribution in [2.45, 2.75) is 25.7 Å². The number of fused-ring (bicyclic) bond motifs is 1. The van der Waals surface area contributed by atoms with Gasteiger partial charge in [-0.25, -0.2) is 4.98 Å². The Bertz CT molecular complexity index is 495. The predicted octanol–water partition coefficient (Wildman–Crippen LogP) is 2.11. The summed E-state index contributed by atoms with van der Waals surface area (Å²) in [5, 5.41) is 3.40. The van der Waals surface area contributed by atoms with E-state index in [2.05, 4.69) is 40.0 Å². The Hall–Kier alpha value is -1.35. The van der Waals surface area contributed by atoms with Gasteiger partial charge >= 0.3 is 0 Å². The van der Waals surface area contributed by atoms with Crippen molar-refractivity contribution in [1.29, 1.82) is 0 Å². The second-order valence-corrected chi connectivity index (χ2v) is 4.61. The molecule has 0 bridgehead atoms. The number of imidazole rings is 1. The molecule has 0 unspecified atom stereocenters. The largest absolute Gasteiger partial charge is 0.317 e. The first kappa shape index (κ1) is 9.85. The normalized spacial score (nSPS) is 18.1. The van der Waals surface area contributed by atoms with E-state index in [0.717, 1.165) is 18.7 Å². The minimum absolute atomic E-state index is 0.711. The highest BCUT2D eigenvalue weighted by Gasteiger charge is 2.15. The molecule has 1 fully saturated rings. The van der Waals surface area contributed by atoms with Gasteiger partial charge in [0.25, 0.3) is 0 Å². The number of hydrogen-bond acceptors (Lipinski definition) is 2. The quantitative estimate of drug-likeness (QED) is 0.789. The van der Waals surface area contributed by atoms with Gasteiger partial charge in [-0.05, 0) is 56.5 Å². The number of rotatable bonds is 1. The standard InChI is InChI=1S/C13H17N3/c1-10-9-15-13-8-12(4-7-16(10)13)11-2-5-14-6-3-11/h4,7-9,11,14H,2-3,5-6H2,1H3. The summed E-state index contributed by atoms with van der Waals surface area (Å²) in [6.07, 6.45) is 6.57. The fourth-order valence-electron chi connectivity index (χ4n) is 2.53. The molecule has 0 amide bonds. The van der Waals surface area contributed by atoms with Crippen LogP contribution < -0.4 is 5.32 Å². The Morgan fingerprint density at radius 3 is 3.00 bits per heavy atom. The lowest BCUT2D eigenvalue weighted by Crippen LogP contribution is -2.26. The molecule has 1 aliphatic rings. The van der Waals surface area contributed by atoms with Crippen LogP contribution in [-0.4, -0.2) is 22.5 Å². The molecule has 3 rings (SSSR count). The Balaban J connectivity index is 1.97. The number of pyridine rings is 1. The van der Waals surface area contributed by atoms with Gasteiger partial charge in [-0.3, -0.25) is 0 Å². The Morgan fingerprint density at radius 1 is 1.38 bits per heavy atom. The zero-order valence-corrected chi connectivity index (χ0v) is 9.61. The first-order valence-corrected chi connectivity index (χ1v) is 5.99. The molecule has 2 aromatic heterocycles. The van der Waals surface area contributed by atoms with Crippen LogP contribution in [0.2, 0.25) is 0 Å². The number of nitrogens with one attached hydrogen (secondary N) is 1. The van der Waals surface area contributed by atoms with E-state index in [4.69, 9.17) is 0 Å². The van der Waals surface area contributed by atoms with Crippen LogP contribution in [0.4, 0.5) is 0 Å². The van der Waals surface area contributed by atoms with Gasteiger partial charge in [0.1, 0.15) is 5.65 Å². The van der Waals surface area contributed by atoms with Gasteiger partial charge in [-0.2, -0.15) is 0 Å². The number of nitrogens with zero attached hydrogens (tertiary/aromatic N) is 2. The number of piperidine rings is 1. The average molecular weight is 215 g/mol. The van der Waals surface area contributed by atoms with Gasteiger partial charge in [-0.15, -0.1) is 0 Å². The third-order valence-corrected chi connectivity index (χ3v) is 3.53. The molecule has 3 nitrogen and oxygen atoms in total. The third kappa shape index (κ3) is 1.61. The molecule has 84 valence electrons. The first-order valence-electron chi connectivity index (χ1n) is 5.99. The summed E-state index contributed by atoms with van der Waals surface area (Å²) in [6.45, 7) is 4.37. The van der Waals surface area contributed by atoms with Crippen LogP contribution in [0.5, 0.6) is 0 Å². The number of hydrogen-bond donors (Lipinski definition) is 1. The van der Waals surface area contributed by atoms with E-state index in [-0.39, 0.29) is 0 Å². The van der Waals surface area contributed by atoms with E-state index >= 15 is 0 Å². The van der Waals surface area contributed by atoms with Crippen molar-refractivity contribution in [2.75, 3.05) is 13.1 Å². The van der Waals surface area contributed by atoms with Crippen LogP contribution in [0.15, 0.2) is 24.5 Å². The van der Waals surface area contributed by atoms with Gasteiger partial charge < -0.3 is 9.72 Å². The van der Waals surface area contributed by atoms with Crippen molar-refractivity contribution in [2.24, 2.45) is 0 Å². The maximum absolute atomic E-state index is 4.42. The summed E-state index contributed by atoms with van der Waals surface area (Å²) in [5.74, 6) is 0.711. The van der Waals surface area contributed by atoms with E-state index in [0.29, 0.717) is 5.92 Å². The fourth-order valence-corrected chi connectivity index (χ4v) is 2.53. The van der Waals surface area contributed by atoms with Crippen molar-refractivity contribution >= 4 is 5.65 Å². The smallest absolute Gasteiger partial charge is 0.137 e. The average Bonchev–Trinajstić information content (AvgIpc) is 2.72. The molecule has 0 aliphatic carbocycles. The van der Waals surface area contributed by atoms with Gasteiger partial charge in [0, 0.05) is 18.1 Å². The zero-order valence-electron chi connectivity index (χ0n) is 9.61. The second-order valence-electron chi connectivity index (χ2n) is 4.61. The molecular weight excluding hydrogens is 198 g/mol. The van der Waals surface area contributed by atoms with Gasteiger partial charge in [0.05, 0.1) is 0 Å². The van der Waals surface area contributed by atoms with Gasteiger partial charge in [0.2, 0.25) is 0 Å². The third-order valence-electron chi connectivity index (χ3n) is 3.53. The minimum atomic E-state index is 0.711. The summed E-state index contributed by atoms with van der Waals surface area (Å²) < 4.78 is 2.14. The predicted molar refractivity (Wildman–Crippen MR) is 64.8 cm³/mol. The monoisotopic (exact) mass is 215 g/mol. The highest BCUT2D eigenvalue weighted by atomic mass is 15.0. The fraction of sp³-hybridized carbons (Fsp3) is 0.462. The van der Waals surface area contributed by atoms with Crippen LogP contribution in [-0.2, 0) is 0 Å². The van der Waals surface area contributed by atoms with Crippen molar-refractivity contribution in [3.05, 3.63) is 35.8 Å². The lowest BCUT2D eigenvalue weighted by molar-refractivity contribution is 0.460. The highest BCUT2D eigenvalue weighted by molar-refractivity contribution is 5.44. The highest BCUT2D eigenvalue weighted by Crippen LogP contribution is 2.25. The van der Waals surface area contributed by atoms with Crippen LogP contribution in [0.1, 0.15) is 30.0 Å². The van der Waals surface area contributed by atoms with Crippen molar-refractivity contribution in [1.82, 2.24) is 14.7 Å². The summed E-state index contributed by atoms with van der Waals surface area (Å²) in [4.78, 5) is 4.42. The SMILES string of the molecule is Cc1cnc2cc(C3CCNCC3)ccn12. The molecule has 1 N–H and O–H groups in total. The summed E-state index contributed by atoms with van der Waals surface area (Å²) in [7, 11) is 0. The minimum Gasteiger partial charge on any atom is -0.317 e.